The van der Waals surface area contributed by atoms with Gasteiger partial charge in [-0.1, -0.05) is 5.16 Å². The summed E-state index contributed by atoms with van der Waals surface area (Å²) in [7, 11) is 4.17. The molecule has 1 aromatic carbocycles. The number of benzene rings is 1. The number of hydrogen-bond acceptors (Lipinski definition) is 6. The number of hydrogen-bond donors (Lipinski definition) is 1. The molecule has 0 radical (unpaired) electrons. The van der Waals surface area contributed by atoms with Crippen LogP contribution < -0.4 is 4.74 Å². The normalized spacial score (nSPS) is 18.9. The molecule has 2 aromatic heterocycles. The zero-order chi connectivity index (χ0) is 22.8. The molecule has 1 atom stereocenters. The van der Waals surface area contributed by atoms with Crippen LogP contribution in [-0.4, -0.2) is 58.7 Å². The van der Waals surface area contributed by atoms with Gasteiger partial charge in [0, 0.05) is 24.3 Å². The lowest BCUT2D eigenvalue weighted by Gasteiger charge is -2.35. The standard InChI is InChI=1S/C26H37N5O2/c1-18(26-27-12-13-28-26)31-14-10-19(11-15-31)6-8-23-21-7-9-24(32-17-20-4-5-20)22(16-30(2)3)25(21)33-29-23/h7,9,12-13,18-20H,4-6,8,10-11,14-17H2,1-3H3,(H,27,28). The molecule has 178 valence electrons. The molecule has 7 heteroatoms. The number of aromatic amines is 1. The number of H-pyrrole nitrogens is 1. The van der Waals surface area contributed by atoms with E-state index in [0.29, 0.717) is 6.04 Å². The van der Waals surface area contributed by atoms with Crippen LogP contribution in [0.25, 0.3) is 11.0 Å². The highest BCUT2D eigenvalue weighted by molar-refractivity contribution is 5.84. The van der Waals surface area contributed by atoms with E-state index in [1.807, 2.05) is 12.4 Å². The molecular formula is C26H37N5O2. The van der Waals surface area contributed by atoms with Crippen molar-refractivity contribution in [3.05, 3.63) is 41.6 Å². The zero-order valence-electron chi connectivity index (χ0n) is 20.2. The molecule has 0 amide bonds. The van der Waals surface area contributed by atoms with Gasteiger partial charge in [0.2, 0.25) is 0 Å². The largest absolute Gasteiger partial charge is 0.493 e. The van der Waals surface area contributed by atoms with E-state index in [4.69, 9.17) is 9.26 Å². The second-order valence-electron chi connectivity index (χ2n) is 10.2. The van der Waals surface area contributed by atoms with E-state index in [9.17, 15) is 0 Å². The summed E-state index contributed by atoms with van der Waals surface area (Å²) >= 11 is 0. The van der Waals surface area contributed by atoms with Crippen molar-refractivity contribution >= 4 is 11.0 Å². The lowest BCUT2D eigenvalue weighted by atomic mass is 9.90. The van der Waals surface area contributed by atoms with Crippen molar-refractivity contribution in [2.24, 2.45) is 11.8 Å². The van der Waals surface area contributed by atoms with E-state index < -0.39 is 0 Å². The van der Waals surface area contributed by atoms with E-state index in [1.165, 1.54) is 25.7 Å². The molecule has 1 unspecified atom stereocenters. The molecule has 1 saturated carbocycles. The Bertz CT molecular complexity index is 1030. The average Bonchev–Trinajstić information content (AvgIpc) is 3.30. The Kier molecular flexibility index (Phi) is 6.69. The zero-order valence-corrected chi connectivity index (χ0v) is 20.2. The van der Waals surface area contributed by atoms with Gasteiger partial charge in [-0.05, 0) is 96.6 Å². The number of ether oxygens (including phenoxy) is 1. The molecule has 0 bridgehead atoms. The summed E-state index contributed by atoms with van der Waals surface area (Å²) in [5.74, 6) is 3.48. The SMILES string of the molecule is CC(c1ncc[nH]1)N1CCC(CCc2noc3c(CN(C)C)c(OCC4CC4)ccc23)CC1. The first-order valence-corrected chi connectivity index (χ1v) is 12.5. The maximum Gasteiger partial charge on any atom is 0.175 e. The maximum absolute atomic E-state index is 6.16. The topological polar surface area (TPSA) is 70.4 Å². The van der Waals surface area contributed by atoms with Crippen molar-refractivity contribution in [2.75, 3.05) is 33.8 Å². The van der Waals surface area contributed by atoms with Crippen molar-refractivity contribution in [3.8, 4) is 5.75 Å². The fraction of sp³-hybridized carbons (Fsp3) is 0.615. The Morgan fingerprint density at radius 1 is 1.18 bits per heavy atom. The third-order valence-corrected chi connectivity index (χ3v) is 7.32. The van der Waals surface area contributed by atoms with Gasteiger partial charge in [-0.15, -0.1) is 0 Å². The van der Waals surface area contributed by atoms with E-state index in [-0.39, 0.29) is 0 Å². The molecular weight excluding hydrogens is 414 g/mol. The summed E-state index contributed by atoms with van der Waals surface area (Å²) in [5, 5.41) is 5.65. The second-order valence-corrected chi connectivity index (χ2v) is 10.2. The molecule has 33 heavy (non-hydrogen) atoms. The van der Waals surface area contributed by atoms with Crippen molar-refractivity contribution in [1.29, 1.82) is 0 Å². The average molecular weight is 452 g/mol. The molecule has 3 heterocycles. The van der Waals surface area contributed by atoms with Crippen molar-refractivity contribution in [2.45, 2.75) is 58.0 Å². The highest BCUT2D eigenvalue weighted by atomic mass is 16.5. The van der Waals surface area contributed by atoms with Gasteiger partial charge in [0.15, 0.2) is 5.58 Å². The Labute approximate surface area is 196 Å². The number of likely N-dealkylation sites (tertiary alicyclic amines) is 1. The van der Waals surface area contributed by atoms with Crippen molar-refractivity contribution < 1.29 is 9.26 Å². The van der Waals surface area contributed by atoms with Crippen LogP contribution in [0.15, 0.2) is 29.0 Å². The predicted molar refractivity (Wildman–Crippen MR) is 129 cm³/mol. The lowest BCUT2D eigenvalue weighted by molar-refractivity contribution is 0.133. The van der Waals surface area contributed by atoms with Gasteiger partial charge in [-0.3, -0.25) is 4.90 Å². The van der Waals surface area contributed by atoms with Crippen LogP contribution in [0.5, 0.6) is 5.75 Å². The summed E-state index contributed by atoms with van der Waals surface area (Å²) in [6.45, 7) is 6.10. The molecule has 1 N–H and O–H groups in total. The molecule has 2 aliphatic rings. The van der Waals surface area contributed by atoms with Gasteiger partial charge in [0.25, 0.3) is 0 Å². The second kappa shape index (κ2) is 9.85. The van der Waals surface area contributed by atoms with Gasteiger partial charge in [0.05, 0.1) is 23.9 Å². The van der Waals surface area contributed by atoms with Crippen LogP contribution in [0.4, 0.5) is 0 Å². The fourth-order valence-electron chi connectivity index (χ4n) is 5.01. The quantitative estimate of drug-likeness (QED) is 0.477. The third-order valence-electron chi connectivity index (χ3n) is 7.32. The summed E-state index contributed by atoms with van der Waals surface area (Å²) < 4.78 is 12.1. The molecule has 3 aromatic rings. The first-order chi connectivity index (χ1) is 16.1. The molecule has 2 fully saturated rings. The Morgan fingerprint density at radius 3 is 2.70 bits per heavy atom. The van der Waals surface area contributed by atoms with E-state index in [1.54, 1.807) is 0 Å². The summed E-state index contributed by atoms with van der Waals surface area (Å²) in [6.07, 6.45) is 10.9. The summed E-state index contributed by atoms with van der Waals surface area (Å²) in [5.41, 5.74) is 3.11. The number of aromatic nitrogens is 3. The minimum Gasteiger partial charge on any atom is -0.493 e. The molecule has 7 nitrogen and oxygen atoms in total. The third kappa shape index (κ3) is 5.25. The number of aryl methyl sites for hydroxylation is 1. The van der Waals surface area contributed by atoms with Crippen LogP contribution >= 0.6 is 0 Å². The summed E-state index contributed by atoms with van der Waals surface area (Å²) in [4.78, 5) is 12.4. The number of fused-ring (bicyclic) bond motifs is 1. The molecule has 0 spiro atoms. The molecule has 5 rings (SSSR count). The van der Waals surface area contributed by atoms with Gasteiger partial charge in [-0.2, -0.15) is 0 Å². The summed E-state index contributed by atoms with van der Waals surface area (Å²) in [6, 6.07) is 4.63. The molecule has 1 aliphatic carbocycles. The van der Waals surface area contributed by atoms with Crippen LogP contribution in [0.2, 0.25) is 0 Å². The van der Waals surface area contributed by atoms with Gasteiger partial charge < -0.3 is 19.1 Å². The van der Waals surface area contributed by atoms with Crippen LogP contribution in [0.3, 0.4) is 0 Å². The number of imidazole rings is 1. The Hall–Kier alpha value is -2.38. The van der Waals surface area contributed by atoms with Gasteiger partial charge in [0.1, 0.15) is 11.6 Å². The molecule has 1 saturated heterocycles. The van der Waals surface area contributed by atoms with Crippen molar-refractivity contribution in [1.82, 2.24) is 24.9 Å². The van der Waals surface area contributed by atoms with Gasteiger partial charge in [-0.25, -0.2) is 4.98 Å². The number of piperidine rings is 1. The maximum atomic E-state index is 6.16. The van der Waals surface area contributed by atoms with Crippen LogP contribution in [0.1, 0.15) is 62.2 Å². The highest BCUT2D eigenvalue weighted by Crippen LogP contribution is 2.35. The number of rotatable bonds is 10. The molecule has 1 aliphatic heterocycles. The number of nitrogens with one attached hydrogen (secondary N) is 1. The fourth-order valence-corrected chi connectivity index (χ4v) is 5.01. The van der Waals surface area contributed by atoms with Gasteiger partial charge >= 0.3 is 0 Å². The van der Waals surface area contributed by atoms with E-state index >= 15 is 0 Å². The van der Waals surface area contributed by atoms with E-state index in [2.05, 4.69) is 58.1 Å². The van der Waals surface area contributed by atoms with Crippen molar-refractivity contribution in [3.63, 3.8) is 0 Å². The predicted octanol–water partition coefficient (Wildman–Crippen LogP) is 4.81. The van der Waals surface area contributed by atoms with E-state index in [0.717, 1.165) is 84.7 Å². The minimum atomic E-state index is 0.354. The highest BCUT2D eigenvalue weighted by Gasteiger charge is 2.26. The van der Waals surface area contributed by atoms with Crippen LogP contribution in [-0.2, 0) is 13.0 Å². The lowest BCUT2D eigenvalue weighted by Crippen LogP contribution is -2.36. The number of nitrogens with zero attached hydrogens (tertiary/aromatic N) is 4. The first kappa shape index (κ1) is 22.4. The Morgan fingerprint density at radius 2 is 2.00 bits per heavy atom. The smallest absolute Gasteiger partial charge is 0.175 e. The first-order valence-electron chi connectivity index (χ1n) is 12.5. The Balaban J connectivity index is 1.21. The minimum absolute atomic E-state index is 0.354. The van der Waals surface area contributed by atoms with Crippen LogP contribution in [0, 0.1) is 11.8 Å². The monoisotopic (exact) mass is 451 g/mol.